The van der Waals surface area contributed by atoms with Gasteiger partial charge in [0, 0.05) is 13.1 Å². The number of hydrogen-bond donors (Lipinski definition) is 2. The van der Waals surface area contributed by atoms with Crippen molar-refractivity contribution in [1.82, 2.24) is 19.1 Å². The fourth-order valence-electron chi connectivity index (χ4n) is 4.03. The molecular weight excluding hydrogens is 468 g/mol. The summed E-state index contributed by atoms with van der Waals surface area (Å²) in [5.41, 5.74) is 4.03. The first-order valence-corrected chi connectivity index (χ1v) is 11.9. The van der Waals surface area contributed by atoms with E-state index in [0.717, 1.165) is 9.13 Å². The van der Waals surface area contributed by atoms with Crippen LogP contribution < -0.4 is 22.5 Å². The van der Waals surface area contributed by atoms with E-state index in [9.17, 15) is 19.2 Å². The first-order chi connectivity index (χ1) is 18.0. The van der Waals surface area contributed by atoms with Crippen molar-refractivity contribution in [2.75, 3.05) is 0 Å². The van der Waals surface area contributed by atoms with Gasteiger partial charge in [-0.1, -0.05) is 66.7 Å². The minimum atomic E-state index is -0.480. The van der Waals surface area contributed by atoms with E-state index in [1.54, 1.807) is 32.1 Å². The van der Waals surface area contributed by atoms with E-state index in [0.29, 0.717) is 33.6 Å². The van der Waals surface area contributed by atoms with E-state index in [1.165, 1.54) is 6.08 Å². The molecule has 0 saturated heterocycles. The van der Waals surface area contributed by atoms with Crippen LogP contribution in [0.25, 0.3) is 34.7 Å². The van der Waals surface area contributed by atoms with Crippen molar-refractivity contribution in [3.63, 3.8) is 0 Å². The van der Waals surface area contributed by atoms with E-state index < -0.39 is 22.5 Å². The lowest BCUT2D eigenvalue weighted by atomic mass is 10.1. The van der Waals surface area contributed by atoms with E-state index >= 15 is 0 Å². The van der Waals surface area contributed by atoms with Gasteiger partial charge in [0.25, 0.3) is 11.1 Å². The lowest BCUT2D eigenvalue weighted by Gasteiger charge is -2.09. The molecule has 8 nitrogen and oxygen atoms in total. The van der Waals surface area contributed by atoms with Crippen LogP contribution in [0.2, 0.25) is 0 Å². The van der Waals surface area contributed by atoms with Crippen molar-refractivity contribution in [3.8, 4) is 22.5 Å². The number of aromatic amines is 2. The van der Waals surface area contributed by atoms with Crippen LogP contribution in [0.3, 0.4) is 0 Å². The molecule has 0 aliphatic rings. The standard InChI is InChI=1S/C29H26N4O4/c1-3-32-26(34)22(24(30-28(32)36)20-14-8-5-9-15-20)18-12-7-13-19-23-25(21-16-10-6-11-17-21)31-29(37)33(4-2)27(23)35/h5-12,14-19H,3-4H2,1-2H3,(H,30,36)(H,31,37). The third kappa shape index (κ3) is 5.19. The molecule has 2 aromatic carbocycles. The van der Waals surface area contributed by atoms with E-state index in [-0.39, 0.29) is 13.1 Å². The molecule has 186 valence electrons. The number of hydrogen-bond acceptors (Lipinski definition) is 4. The number of aromatic nitrogens is 4. The Balaban J connectivity index is 1.79. The summed E-state index contributed by atoms with van der Waals surface area (Å²) in [7, 11) is 0. The van der Waals surface area contributed by atoms with Crippen LogP contribution in [0.15, 0.2) is 97.7 Å². The van der Waals surface area contributed by atoms with Crippen LogP contribution in [0, 0.1) is 0 Å². The SMILES string of the molecule is CCn1c(=O)[nH]c(-c2ccccc2)c(C=C=CC=Cc2c(-c3ccccc3)[nH]c(=O)n(CC)c2=O)c1=O. The topological polar surface area (TPSA) is 110 Å². The Morgan fingerprint density at radius 2 is 1.16 bits per heavy atom. The molecule has 2 N–H and O–H groups in total. The first kappa shape index (κ1) is 25.2. The van der Waals surface area contributed by atoms with Crippen LogP contribution in [0.4, 0.5) is 0 Å². The van der Waals surface area contributed by atoms with Crippen LogP contribution in [-0.2, 0) is 13.1 Å². The van der Waals surface area contributed by atoms with Crippen molar-refractivity contribution >= 4 is 12.2 Å². The molecule has 2 heterocycles. The minimum absolute atomic E-state index is 0.228. The van der Waals surface area contributed by atoms with E-state index in [1.807, 2.05) is 60.7 Å². The third-order valence-electron chi connectivity index (χ3n) is 5.88. The summed E-state index contributed by atoms with van der Waals surface area (Å²) in [5, 5.41) is 0. The smallest absolute Gasteiger partial charge is 0.306 e. The Bertz CT molecular complexity index is 1750. The van der Waals surface area contributed by atoms with Gasteiger partial charge in [-0.15, -0.1) is 5.73 Å². The number of allylic oxidation sites excluding steroid dienone is 2. The summed E-state index contributed by atoms with van der Waals surface area (Å²) in [4.78, 5) is 56.4. The molecule has 0 aliphatic heterocycles. The summed E-state index contributed by atoms with van der Waals surface area (Å²) in [6, 6.07) is 18.2. The highest BCUT2D eigenvalue weighted by atomic mass is 16.2. The maximum absolute atomic E-state index is 13.0. The average molecular weight is 495 g/mol. The fourth-order valence-corrected chi connectivity index (χ4v) is 4.03. The molecule has 0 atom stereocenters. The molecule has 0 aliphatic carbocycles. The first-order valence-electron chi connectivity index (χ1n) is 11.9. The predicted molar refractivity (Wildman–Crippen MR) is 146 cm³/mol. The monoisotopic (exact) mass is 494 g/mol. The molecule has 4 aromatic rings. The molecule has 0 bridgehead atoms. The molecule has 0 radical (unpaired) electrons. The van der Waals surface area contributed by atoms with Crippen LogP contribution in [-0.4, -0.2) is 19.1 Å². The lowest BCUT2D eigenvalue weighted by molar-refractivity contribution is 0.672. The Labute approximate surface area is 212 Å². The maximum atomic E-state index is 13.0. The Morgan fingerprint density at radius 1 is 0.703 bits per heavy atom. The van der Waals surface area contributed by atoms with Gasteiger partial charge in [0.05, 0.1) is 22.5 Å². The van der Waals surface area contributed by atoms with Crippen molar-refractivity contribution in [1.29, 1.82) is 0 Å². The van der Waals surface area contributed by atoms with Gasteiger partial charge in [0.15, 0.2) is 0 Å². The van der Waals surface area contributed by atoms with Crippen molar-refractivity contribution in [2.24, 2.45) is 0 Å². The second kappa shape index (κ2) is 11.2. The van der Waals surface area contributed by atoms with Crippen molar-refractivity contribution < 1.29 is 0 Å². The summed E-state index contributed by atoms with van der Waals surface area (Å²) in [6.45, 7) is 3.92. The van der Waals surface area contributed by atoms with Gasteiger partial charge in [-0.2, -0.15) is 0 Å². The van der Waals surface area contributed by atoms with Gasteiger partial charge in [-0.25, -0.2) is 9.59 Å². The maximum Gasteiger partial charge on any atom is 0.328 e. The highest BCUT2D eigenvalue weighted by Gasteiger charge is 2.13. The molecule has 4 rings (SSSR count). The molecule has 0 unspecified atom stereocenters. The van der Waals surface area contributed by atoms with Crippen molar-refractivity contribution in [2.45, 2.75) is 26.9 Å². The second-order valence-corrected chi connectivity index (χ2v) is 8.11. The molecular formula is C29H26N4O4. The molecule has 2 aromatic heterocycles. The Kier molecular flexibility index (Phi) is 7.62. The minimum Gasteiger partial charge on any atom is -0.306 e. The zero-order valence-corrected chi connectivity index (χ0v) is 20.5. The van der Waals surface area contributed by atoms with E-state index in [2.05, 4.69) is 15.7 Å². The normalized spacial score (nSPS) is 10.9. The molecule has 0 saturated carbocycles. The number of nitrogens with one attached hydrogen (secondary N) is 2. The quantitative estimate of drug-likeness (QED) is 0.302. The Hall–Kier alpha value is -4.94. The Morgan fingerprint density at radius 3 is 1.65 bits per heavy atom. The lowest BCUT2D eigenvalue weighted by Crippen LogP contribution is -2.36. The summed E-state index contributed by atoms with van der Waals surface area (Å²) in [5.74, 6) is 0. The zero-order valence-electron chi connectivity index (χ0n) is 20.5. The highest BCUT2D eigenvalue weighted by molar-refractivity contribution is 5.72. The molecule has 0 amide bonds. The number of H-pyrrole nitrogens is 2. The number of rotatable bonds is 7. The third-order valence-corrected chi connectivity index (χ3v) is 5.88. The predicted octanol–water partition coefficient (Wildman–Crippen LogP) is 3.64. The average Bonchev–Trinajstić information content (AvgIpc) is 2.91. The highest BCUT2D eigenvalue weighted by Crippen LogP contribution is 2.20. The van der Waals surface area contributed by atoms with Crippen LogP contribution in [0.5, 0.6) is 0 Å². The fraction of sp³-hybridized carbons (Fsp3) is 0.138. The van der Waals surface area contributed by atoms with Gasteiger partial charge >= 0.3 is 11.4 Å². The molecule has 0 spiro atoms. The largest absolute Gasteiger partial charge is 0.328 e. The van der Waals surface area contributed by atoms with E-state index in [4.69, 9.17) is 0 Å². The van der Waals surface area contributed by atoms with Gasteiger partial charge in [-0.3, -0.25) is 18.7 Å². The van der Waals surface area contributed by atoms with Crippen molar-refractivity contribution in [3.05, 3.63) is 131 Å². The summed E-state index contributed by atoms with van der Waals surface area (Å²) < 4.78 is 2.25. The van der Waals surface area contributed by atoms with Crippen LogP contribution >= 0.6 is 0 Å². The molecule has 8 heteroatoms. The molecule has 37 heavy (non-hydrogen) atoms. The van der Waals surface area contributed by atoms with Gasteiger partial charge in [0.1, 0.15) is 0 Å². The van der Waals surface area contributed by atoms with Gasteiger partial charge in [-0.05, 0) is 43.2 Å². The zero-order chi connectivity index (χ0) is 26.4. The van der Waals surface area contributed by atoms with Gasteiger partial charge < -0.3 is 9.97 Å². The number of nitrogens with zero attached hydrogens (tertiary/aromatic N) is 2. The number of benzene rings is 2. The van der Waals surface area contributed by atoms with Gasteiger partial charge in [0.2, 0.25) is 0 Å². The summed E-state index contributed by atoms with van der Waals surface area (Å²) in [6.07, 6.45) is 6.28. The van der Waals surface area contributed by atoms with Crippen LogP contribution in [0.1, 0.15) is 25.0 Å². The molecule has 0 fully saturated rings. The summed E-state index contributed by atoms with van der Waals surface area (Å²) >= 11 is 0. The second-order valence-electron chi connectivity index (χ2n) is 8.11.